The van der Waals surface area contributed by atoms with E-state index in [0.717, 1.165) is 25.8 Å². The van der Waals surface area contributed by atoms with Crippen molar-refractivity contribution in [3.63, 3.8) is 0 Å². The molecule has 1 saturated carbocycles. The van der Waals surface area contributed by atoms with Crippen LogP contribution in [0.4, 0.5) is 0 Å². The summed E-state index contributed by atoms with van der Waals surface area (Å²) >= 11 is 0. The Morgan fingerprint density at radius 1 is 0.900 bits per heavy atom. The first-order valence-corrected chi connectivity index (χ1v) is 10.9. The van der Waals surface area contributed by atoms with Gasteiger partial charge >= 0.3 is 5.97 Å². The van der Waals surface area contributed by atoms with Gasteiger partial charge in [0.25, 0.3) is 5.91 Å². The Hall–Kier alpha value is -2.66. The number of fused-ring (bicyclic) bond motifs is 1. The van der Waals surface area contributed by atoms with Crippen LogP contribution in [0.3, 0.4) is 0 Å². The molecule has 2 aliphatic rings. The predicted molar refractivity (Wildman–Crippen MR) is 114 cm³/mol. The fraction of sp³-hybridized carbons (Fsp3) is 0.440. The number of carbonyl (C=O) groups is 2. The van der Waals surface area contributed by atoms with E-state index in [9.17, 15) is 14.7 Å². The molecule has 1 aliphatic heterocycles. The third kappa shape index (κ3) is 3.99. The normalized spacial score (nSPS) is 21.6. The lowest BCUT2D eigenvalue weighted by molar-refractivity contribution is -0.167. The largest absolute Gasteiger partial charge is 0.453 e. The molecule has 5 nitrogen and oxygen atoms in total. The van der Waals surface area contributed by atoms with Crippen LogP contribution in [0.15, 0.2) is 60.7 Å². The van der Waals surface area contributed by atoms with Gasteiger partial charge in [-0.15, -0.1) is 0 Å². The van der Waals surface area contributed by atoms with E-state index in [-0.39, 0.29) is 18.6 Å². The summed E-state index contributed by atoms with van der Waals surface area (Å²) in [5.74, 6) is -0.424. The van der Waals surface area contributed by atoms with Crippen LogP contribution in [-0.4, -0.2) is 41.1 Å². The SMILES string of the molecule is O=C(COC(=O)C(O)(c1ccccc1)c1ccccc1)N1CCC[C@H]2CCCC[C@H]21. The molecule has 1 N–H and O–H groups in total. The molecule has 0 radical (unpaired) electrons. The summed E-state index contributed by atoms with van der Waals surface area (Å²) in [4.78, 5) is 27.9. The molecule has 2 aromatic rings. The minimum absolute atomic E-state index is 0.163. The Kier molecular flexibility index (Phi) is 6.18. The number of hydrogen-bond donors (Lipinski definition) is 1. The van der Waals surface area contributed by atoms with Gasteiger partial charge in [-0.2, -0.15) is 0 Å². The van der Waals surface area contributed by atoms with Crippen LogP contribution in [0.25, 0.3) is 0 Å². The van der Waals surface area contributed by atoms with Gasteiger partial charge in [-0.1, -0.05) is 73.5 Å². The van der Waals surface area contributed by atoms with Crippen LogP contribution >= 0.6 is 0 Å². The Labute approximate surface area is 177 Å². The summed E-state index contributed by atoms with van der Waals surface area (Å²) in [5, 5.41) is 11.4. The van der Waals surface area contributed by atoms with Crippen LogP contribution in [-0.2, 0) is 19.9 Å². The molecule has 0 unspecified atom stereocenters. The Morgan fingerprint density at radius 2 is 1.47 bits per heavy atom. The molecule has 1 heterocycles. The number of carbonyl (C=O) groups excluding carboxylic acids is 2. The van der Waals surface area contributed by atoms with Crippen LogP contribution in [0, 0.1) is 5.92 Å². The van der Waals surface area contributed by atoms with Gasteiger partial charge in [-0.3, -0.25) is 4.79 Å². The number of nitrogens with zero attached hydrogens (tertiary/aromatic N) is 1. The number of ether oxygens (including phenoxy) is 1. The summed E-state index contributed by atoms with van der Waals surface area (Å²) in [7, 11) is 0. The fourth-order valence-corrected chi connectivity index (χ4v) is 5.01. The van der Waals surface area contributed by atoms with Crippen molar-refractivity contribution >= 4 is 11.9 Å². The zero-order chi connectivity index (χ0) is 21.0. The first-order valence-electron chi connectivity index (χ1n) is 10.9. The summed E-state index contributed by atoms with van der Waals surface area (Å²) < 4.78 is 5.43. The van der Waals surface area contributed by atoms with E-state index >= 15 is 0 Å². The maximum Gasteiger partial charge on any atom is 0.348 e. The molecule has 30 heavy (non-hydrogen) atoms. The summed E-state index contributed by atoms with van der Waals surface area (Å²) in [6.45, 7) is 0.378. The molecule has 0 aromatic heterocycles. The Morgan fingerprint density at radius 3 is 2.10 bits per heavy atom. The lowest BCUT2D eigenvalue weighted by Gasteiger charge is -2.44. The maximum atomic E-state index is 13.1. The summed E-state index contributed by atoms with van der Waals surface area (Å²) in [6, 6.07) is 17.7. The van der Waals surface area contributed by atoms with E-state index in [1.165, 1.54) is 19.3 Å². The van der Waals surface area contributed by atoms with Crippen molar-refractivity contribution in [3.05, 3.63) is 71.8 Å². The average Bonchev–Trinajstić information content (AvgIpc) is 2.82. The zero-order valence-electron chi connectivity index (χ0n) is 17.2. The third-order valence-electron chi connectivity index (χ3n) is 6.57. The number of likely N-dealkylation sites (tertiary alicyclic amines) is 1. The molecule has 4 rings (SSSR count). The Bertz CT molecular complexity index is 826. The number of amides is 1. The Balaban J connectivity index is 1.50. The highest BCUT2D eigenvalue weighted by molar-refractivity contribution is 5.88. The molecule has 2 atom stereocenters. The summed E-state index contributed by atoms with van der Waals surface area (Å²) in [5.41, 5.74) is -1.13. The van der Waals surface area contributed by atoms with Crippen molar-refractivity contribution in [2.24, 2.45) is 5.92 Å². The zero-order valence-corrected chi connectivity index (χ0v) is 17.2. The van der Waals surface area contributed by atoms with Gasteiger partial charge in [-0.05, 0) is 42.7 Å². The van der Waals surface area contributed by atoms with Gasteiger partial charge in [0.1, 0.15) is 0 Å². The smallest absolute Gasteiger partial charge is 0.348 e. The maximum absolute atomic E-state index is 13.1. The fourth-order valence-electron chi connectivity index (χ4n) is 5.01. The van der Waals surface area contributed by atoms with Crippen molar-refractivity contribution in [3.8, 4) is 0 Å². The highest BCUT2D eigenvalue weighted by atomic mass is 16.6. The van der Waals surface area contributed by atoms with Gasteiger partial charge in [0, 0.05) is 12.6 Å². The van der Waals surface area contributed by atoms with E-state index in [4.69, 9.17) is 4.74 Å². The van der Waals surface area contributed by atoms with Gasteiger partial charge in [-0.25, -0.2) is 4.79 Å². The molecule has 158 valence electrons. The molecule has 5 heteroatoms. The van der Waals surface area contributed by atoms with E-state index in [1.54, 1.807) is 48.5 Å². The predicted octanol–water partition coefficient (Wildman–Crippen LogP) is 3.65. The van der Waals surface area contributed by atoms with Crippen molar-refractivity contribution in [1.29, 1.82) is 0 Å². The quantitative estimate of drug-likeness (QED) is 0.769. The molecule has 1 aliphatic carbocycles. The molecule has 1 amide bonds. The highest BCUT2D eigenvalue weighted by Crippen LogP contribution is 2.35. The van der Waals surface area contributed by atoms with E-state index in [1.807, 2.05) is 17.0 Å². The number of hydrogen-bond acceptors (Lipinski definition) is 4. The molecule has 0 spiro atoms. The second-order valence-corrected chi connectivity index (χ2v) is 8.36. The van der Waals surface area contributed by atoms with Crippen LogP contribution in [0.1, 0.15) is 49.7 Å². The monoisotopic (exact) mass is 407 g/mol. The van der Waals surface area contributed by atoms with E-state index in [2.05, 4.69) is 0 Å². The average molecular weight is 408 g/mol. The van der Waals surface area contributed by atoms with Gasteiger partial charge < -0.3 is 14.7 Å². The van der Waals surface area contributed by atoms with E-state index < -0.39 is 11.6 Å². The molecular formula is C25H29NO4. The van der Waals surface area contributed by atoms with Crippen molar-refractivity contribution in [2.75, 3.05) is 13.2 Å². The van der Waals surface area contributed by atoms with Crippen LogP contribution < -0.4 is 0 Å². The minimum atomic E-state index is -1.96. The molecule has 2 aromatic carbocycles. The second-order valence-electron chi connectivity index (χ2n) is 8.36. The standard InChI is InChI=1S/C25H29NO4/c27-23(26-17-9-11-19-10-7-8-16-22(19)26)18-30-24(28)25(29,20-12-3-1-4-13-20)21-14-5-2-6-15-21/h1-6,12-15,19,22,29H,7-11,16-18H2/t19-,22-/m1/s1. The van der Waals surface area contributed by atoms with Gasteiger partial charge in [0.05, 0.1) is 0 Å². The number of benzene rings is 2. The minimum Gasteiger partial charge on any atom is -0.453 e. The summed E-state index contributed by atoms with van der Waals surface area (Å²) in [6.07, 6.45) is 6.76. The number of esters is 1. The number of aliphatic hydroxyl groups is 1. The first-order chi connectivity index (χ1) is 14.6. The van der Waals surface area contributed by atoms with Gasteiger partial charge in [0.2, 0.25) is 5.60 Å². The van der Waals surface area contributed by atoms with Crippen molar-refractivity contribution in [2.45, 2.75) is 50.2 Å². The van der Waals surface area contributed by atoms with Crippen LogP contribution in [0.5, 0.6) is 0 Å². The highest BCUT2D eigenvalue weighted by Gasteiger charge is 2.42. The molecule has 2 fully saturated rings. The van der Waals surface area contributed by atoms with Crippen molar-refractivity contribution < 1.29 is 19.4 Å². The number of piperidine rings is 1. The van der Waals surface area contributed by atoms with Gasteiger partial charge in [0.15, 0.2) is 6.61 Å². The molecule has 1 saturated heterocycles. The molecule has 0 bridgehead atoms. The van der Waals surface area contributed by atoms with E-state index in [0.29, 0.717) is 17.0 Å². The van der Waals surface area contributed by atoms with Crippen molar-refractivity contribution in [1.82, 2.24) is 4.90 Å². The number of rotatable bonds is 5. The first kappa shape index (κ1) is 20.6. The molecular weight excluding hydrogens is 378 g/mol. The second kappa shape index (κ2) is 9.00. The third-order valence-corrected chi connectivity index (χ3v) is 6.57. The lowest BCUT2D eigenvalue weighted by atomic mass is 9.78. The lowest BCUT2D eigenvalue weighted by Crippen LogP contribution is -2.51. The van der Waals surface area contributed by atoms with Crippen LogP contribution in [0.2, 0.25) is 0 Å². The topological polar surface area (TPSA) is 66.8 Å².